The number of amides is 3. The third kappa shape index (κ3) is 6.83. The molecule has 7 heteroatoms. The van der Waals surface area contributed by atoms with Gasteiger partial charge in [0.2, 0.25) is 0 Å². The number of para-hydroxylation sites is 1. The summed E-state index contributed by atoms with van der Waals surface area (Å²) < 4.78 is 0. The minimum absolute atomic E-state index is 0.00549. The molecule has 2 aromatic rings. The molecule has 0 atom stereocenters. The van der Waals surface area contributed by atoms with Crippen LogP contribution < -0.4 is 10.6 Å². The molecule has 2 rings (SSSR count). The molecule has 0 aliphatic heterocycles. The number of anilines is 1. The van der Waals surface area contributed by atoms with Gasteiger partial charge in [0.05, 0.1) is 6.54 Å². The Hall–Kier alpha value is -2.41. The first-order valence-electron chi connectivity index (χ1n) is 10.7. The van der Waals surface area contributed by atoms with E-state index in [1.165, 1.54) is 24.2 Å². The molecule has 0 aliphatic rings. The number of nitrogens with zero attached hydrogens (tertiary/aromatic N) is 2. The van der Waals surface area contributed by atoms with Gasteiger partial charge in [0.15, 0.2) is 0 Å². The van der Waals surface area contributed by atoms with Crippen molar-refractivity contribution in [3.63, 3.8) is 0 Å². The quantitative estimate of drug-likeness (QED) is 0.488. The van der Waals surface area contributed by atoms with E-state index in [1.807, 2.05) is 45.9 Å². The van der Waals surface area contributed by atoms with Crippen molar-refractivity contribution in [3.05, 3.63) is 45.4 Å². The van der Waals surface area contributed by atoms with Crippen LogP contribution in [0.25, 0.3) is 0 Å². The zero-order valence-electron chi connectivity index (χ0n) is 18.7. The Bertz CT molecular complexity index is 827. The van der Waals surface area contributed by atoms with Gasteiger partial charge in [0.25, 0.3) is 5.91 Å². The predicted molar refractivity (Wildman–Crippen MR) is 124 cm³/mol. The van der Waals surface area contributed by atoms with Crippen LogP contribution in [0.3, 0.4) is 0 Å². The summed E-state index contributed by atoms with van der Waals surface area (Å²) in [6.07, 6.45) is 4.46. The van der Waals surface area contributed by atoms with E-state index in [-0.39, 0.29) is 18.0 Å². The molecule has 0 saturated carbocycles. The van der Waals surface area contributed by atoms with Gasteiger partial charge in [-0.05, 0) is 45.2 Å². The van der Waals surface area contributed by atoms with Crippen LogP contribution in [0, 0.1) is 13.8 Å². The van der Waals surface area contributed by atoms with Gasteiger partial charge in [0.1, 0.15) is 10.7 Å². The van der Waals surface area contributed by atoms with Gasteiger partial charge < -0.3 is 15.5 Å². The summed E-state index contributed by atoms with van der Waals surface area (Å²) in [5, 5.41) is 8.48. The second-order valence-corrected chi connectivity index (χ2v) is 8.80. The van der Waals surface area contributed by atoms with Crippen LogP contribution in [-0.2, 0) is 6.54 Å². The van der Waals surface area contributed by atoms with Crippen LogP contribution >= 0.6 is 11.3 Å². The summed E-state index contributed by atoms with van der Waals surface area (Å²) in [6.45, 7) is 11.1. The SMILES string of the molecule is CCCCCCNC(=O)c1csc(CN(C(=O)Nc2c(C)cccc2C)C(C)C)n1. The highest BCUT2D eigenvalue weighted by molar-refractivity contribution is 7.09. The lowest BCUT2D eigenvalue weighted by Crippen LogP contribution is -2.39. The van der Waals surface area contributed by atoms with E-state index in [9.17, 15) is 9.59 Å². The Balaban J connectivity index is 1.98. The number of aromatic nitrogens is 1. The van der Waals surface area contributed by atoms with Crippen molar-refractivity contribution in [2.45, 2.75) is 72.9 Å². The molecule has 164 valence electrons. The summed E-state index contributed by atoms with van der Waals surface area (Å²) in [6, 6.07) is 5.77. The van der Waals surface area contributed by atoms with Crippen molar-refractivity contribution in [2.24, 2.45) is 0 Å². The molecule has 2 N–H and O–H groups in total. The fourth-order valence-electron chi connectivity index (χ4n) is 3.16. The number of benzene rings is 1. The third-order valence-corrected chi connectivity index (χ3v) is 5.84. The first kappa shape index (κ1) is 23.9. The molecule has 30 heavy (non-hydrogen) atoms. The summed E-state index contributed by atoms with van der Waals surface area (Å²) in [5.41, 5.74) is 3.32. The fourth-order valence-corrected chi connectivity index (χ4v) is 3.93. The molecule has 3 amide bonds. The minimum atomic E-state index is -0.167. The maximum Gasteiger partial charge on any atom is 0.322 e. The molecule has 0 bridgehead atoms. The third-order valence-electron chi connectivity index (χ3n) is 5.00. The van der Waals surface area contributed by atoms with Crippen LogP contribution in [-0.4, -0.2) is 34.4 Å². The fraction of sp³-hybridized carbons (Fsp3) is 0.522. The number of nitrogens with one attached hydrogen (secondary N) is 2. The maximum absolute atomic E-state index is 12.9. The van der Waals surface area contributed by atoms with Crippen molar-refractivity contribution in [2.75, 3.05) is 11.9 Å². The lowest BCUT2D eigenvalue weighted by atomic mass is 10.1. The molecule has 1 aromatic carbocycles. The molecule has 0 aliphatic carbocycles. The van der Waals surface area contributed by atoms with Crippen molar-refractivity contribution in [3.8, 4) is 0 Å². The monoisotopic (exact) mass is 430 g/mol. The van der Waals surface area contributed by atoms with Crippen LogP contribution in [0.2, 0.25) is 0 Å². The molecule has 0 unspecified atom stereocenters. The highest BCUT2D eigenvalue weighted by atomic mass is 32.1. The molecular weight excluding hydrogens is 396 g/mol. The number of rotatable bonds is 10. The van der Waals surface area contributed by atoms with E-state index >= 15 is 0 Å². The largest absolute Gasteiger partial charge is 0.351 e. The minimum Gasteiger partial charge on any atom is -0.351 e. The molecular formula is C23H34N4O2S. The first-order valence-corrected chi connectivity index (χ1v) is 11.6. The zero-order valence-corrected chi connectivity index (χ0v) is 19.6. The lowest BCUT2D eigenvalue weighted by Gasteiger charge is -2.27. The van der Waals surface area contributed by atoms with Crippen molar-refractivity contribution in [1.29, 1.82) is 0 Å². The second kappa shape index (κ2) is 11.7. The number of hydrogen-bond donors (Lipinski definition) is 2. The van der Waals surface area contributed by atoms with E-state index in [1.54, 1.807) is 10.3 Å². The number of thiazole rings is 1. The predicted octanol–water partition coefficient (Wildman–Crippen LogP) is 5.51. The van der Waals surface area contributed by atoms with Crippen LogP contribution in [0.15, 0.2) is 23.6 Å². The van der Waals surface area contributed by atoms with Gasteiger partial charge in [-0.2, -0.15) is 0 Å². The smallest absolute Gasteiger partial charge is 0.322 e. The summed E-state index contributed by atoms with van der Waals surface area (Å²) in [5.74, 6) is -0.148. The molecule has 0 saturated heterocycles. The van der Waals surface area contributed by atoms with Gasteiger partial charge in [-0.15, -0.1) is 11.3 Å². The summed E-state index contributed by atoms with van der Waals surface area (Å²) in [7, 11) is 0. The van der Waals surface area contributed by atoms with Gasteiger partial charge in [-0.3, -0.25) is 4.79 Å². The van der Waals surface area contributed by atoms with Gasteiger partial charge in [-0.1, -0.05) is 44.4 Å². The van der Waals surface area contributed by atoms with Gasteiger partial charge >= 0.3 is 6.03 Å². The zero-order chi connectivity index (χ0) is 22.1. The Labute approximate surface area is 184 Å². The highest BCUT2D eigenvalue weighted by Gasteiger charge is 2.21. The lowest BCUT2D eigenvalue weighted by molar-refractivity contribution is 0.0948. The first-order chi connectivity index (χ1) is 14.3. The number of carbonyl (C=O) groups is 2. The van der Waals surface area contributed by atoms with Crippen LogP contribution in [0.5, 0.6) is 0 Å². The number of urea groups is 1. The molecule has 0 spiro atoms. The Morgan fingerprint density at radius 1 is 1.13 bits per heavy atom. The standard InChI is InChI=1S/C23H34N4O2S/c1-6-7-8-9-13-24-22(28)19-15-30-20(25-19)14-27(16(2)3)23(29)26-21-17(4)11-10-12-18(21)5/h10-12,15-16H,6-9,13-14H2,1-5H3,(H,24,28)(H,26,29). The number of hydrogen-bond acceptors (Lipinski definition) is 4. The second-order valence-electron chi connectivity index (χ2n) is 7.86. The molecule has 0 fully saturated rings. The average Bonchev–Trinajstić information content (AvgIpc) is 3.17. The summed E-state index contributed by atoms with van der Waals surface area (Å²) in [4.78, 5) is 31.4. The van der Waals surface area contributed by atoms with Gasteiger partial charge in [-0.25, -0.2) is 9.78 Å². The highest BCUT2D eigenvalue weighted by Crippen LogP contribution is 2.21. The van der Waals surface area contributed by atoms with Crippen LogP contribution in [0.4, 0.5) is 10.5 Å². The number of unbranched alkanes of at least 4 members (excludes halogenated alkanes) is 3. The van der Waals surface area contributed by atoms with E-state index in [0.29, 0.717) is 18.8 Å². The van der Waals surface area contributed by atoms with E-state index in [4.69, 9.17) is 0 Å². The molecule has 1 heterocycles. The normalized spacial score (nSPS) is 10.9. The van der Waals surface area contributed by atoms with Crippen LogP contribution in [0.1, 0.15) is 73.1 Å². The molecule has 0 radical (unpaired) electrons. The van der Waals surface area contributed by atoms with Crippen molar-refractivity contribution >= 4 is 29.0 Å². The van der Waals surface area contributed by atoms with E-state index in [0.717, 1.165) is 34.7 Å². The van der Waals surface area contributed by atoms with E-state index in [2.05, 4.69) is 22.5 Å². The maximum atomic E-state index is 12.9. The topological polar surface area (TPSA) is 74.3 Å². The summed E-state index contributed by atoms with van der Waals surface area (Å²) >= 11 is 1.41. The van der Waals surface area contributed by atoms with Crippen molar-refractivity contribution in [1.82, 2.24) is 15.2 Å². The molecule has 6 nitrogen and oxygen atoms in total. The number of carbonyl (C=O) groups excluding carboxylic acids is 2. The van der Waals surface area contributed by atoms with Gasteiger partial charge in [0, 0.05) is 23.7 Å². The molecule has 1 aromatic heterocycles. The Morgan fingerprint density at radius 2 is 1.83 bits per heavy atom. The Morgan fingerprint density at radius 3 is 2.47 bits per heavy atom. The van der Waals surface area contributed by atoms with E-state index < -0.39 is 0 Å². The number of aryl methyl sites for hydroxylation is 2. The average molecular weight is 431 g/mol. The van der Waals surface area contributed by atoms with Crippen molar-refractivity contribution < 1.29 is 9.59 Å². The Kier molecular flexibility index (Phi) is 9.30.